The molecule has 0 atom stereocenters. The molecule has 0 aliphatic heterocycles. The van der Waals surface area contributed by atoms with Crippen molar-refractivity contribution in [2.45, 2.75) is 13.3 Å². The van der Waals surface area contributed by atoms with Gasteiger partial charge in [0.1, 0.15) is 0 Å². The van der Waals surface area contributed by atoms with Gasteiger partial charge in [-0.25, -0.2) is 4.39 Å². The minimum atomic E-state index is -0.533. The first-order valence-electron chi connectivity index (χ1n) is 8.16. The van der Waals surface area contributed by atoms with Crippen LogP contribution in [0.2, 0.25) is 0 Å². The number of fused-ring (bicyclic) bond motifs is 1. The zero-order valence-electron chi connectivity index (χ0n) is 14.2. The van der Waals surface area contributed by atoms with Crippen LogP contribution in [0.1, 0.15) is 23.7 Å². The maximum Gasteiger partial charge on any atom is 0.258 e. The van der Waals surface area contributed by atoms with Crippen LogP contribution in [-0.4, -0.2) is 24.5 Å². The number of carbonyl (C=O) groups excluding carboxylic acids is 1. The highest BCUT2D eigenvalue weighted by Crippen LogP contribution is 2.28. The van der Waals surface area contributed by atoms with Gasteiger partial charge in [0.05, 0.1) is 17.8 Å². The van der Waals surface area contributed by atoms with Gasteiger partial charge in [0.15, 0.2) is 11.6 Å². The van der Waals surface area contributed by atoms with E-state index in [0.717, 1.165) is 17.3 Å². The fraction of sp³-hybridized carbons (Fsp3) is 0.200. The van der Waals surface area contributed by atoms with Crippen LogP contribution in [0.4, 0.5) is 10.1 Å². The van der Waals surface area contributed by atoms with Crippen molar-refractivity contribution in [2.75, 3.05) is 18.6 Å². The summed E-state index contributed by atoms with van der Waals surface area (Å²) in [6.07, 6.45) is 2.48. The number of pyridine rings is 1. The first-order valence-corrected chi connectivity index (χ1v) is 8.16. The smallest absolute Gasteiger partial charge is 0.258 e. The Balaban J connectivity index is 1.91. The second kappa shape index (κ2) is 7.30. The van der Waals surface area contributed by atoms with Crippen LogP contribution in [0.3, 0.4) is 0 Å². The summed E-state index contributed by atoms with van der Waals surface area (Å²) < 4.78 is 20.0. The fourth-order valence-electron chi connectivity index (χ4n) is 2.59. The molecule has 0 bridgehead atoms. The van der Waals surface area contributed by atoms with Crippen LogP contribution in [-0.2, 0) is 0 Å². The monoisotopic (exact) mass is 338 g/mol. The predicted molar refractivity (Wildman–Crippen MR) is 96.7 cm³/mol. The summed E-state index contributed by atoms with van der Waals surface area (Å²) in [5.41, 5.74) is 1.47. The number of carbonyl (C=O) groups is 1. The molecule has 0 aliphatic carbocycles. The van der Waals surface area contributed by atoms with Gasteiger partial charge in [-0.05, 0) is 42.8 Å². The highest BCUT2D eigenvalue weighted by atomic mass is 19.1. The molecule has 0 unspecified atom stereocenters. The molecule has 4 nitrogen and oxygen atoms in total. The number of amides is 1. The summed E-state index contributed by atoms with van der Waals surface area (Å²) in [5, 5.41) is 0.863. The molecule has 0 saturated heterocycles. The van der Waals surface area contributed by atoms with Crippen LogP contribution >= 0.6 is 0 Å². The van der Waals surface area contributed by atoms with Crippen LogP contribution in [0.5, 0.6) is 5.75 Å². The van der Waals surface area contributed by atoms with E-state index in [9.17, 15) is 9.18 Å². The topological polar surface area (TPSA) is 42.4 Å². The second-order valence-corrected chi connectivity index (χ2v) is 5.71. The van der Waals surface area contributed by atoms with Gasteiger partial charge in [0, 0.05) is 24.2 Å². The lowest BCUT2D eigenvalue weighted by Gasteiger charge is -2.19. The Kier molecular flexibility index (Phi) is 4.93. The van der Waals surface area contributed by atoms with E-state index in [-0.39, 0.29) is 17.3 Å². The Morgan fingerprint density at radius 3 is 2.84 bits per heavy atom. The highest BCUT2D eigenvalue weighted by Gasteiger charge is 2.19. The van der Waals surface area contributed by atoms with Gasteiger partial charge in [0.25, 0.3) is 5.91 Å². The van der Waals surface area contributed by atoms with E-state index in [2.05, 4.69) is 4.98 Å². The van der Waals surface area contributed by atoms with Gasteiger partial charge >= 0.3 is 0 Å². The Morgan fingerprint density at radius 2 is 2.04 bits per heavy atom. The first-order chi connectivity index (χ1) is 12.1. The number of anilines is 1. The zero-order chi connectivity index (χ0) is 17.8. The van der Waals surface area contributed by atoms with E-state index in [1.54, 1.807) is 49.6 Å². The quantitative estimate of drug-likeness (QED) is 0.691. The van der Waals surface area contributed by atoms with E-state index in [1.165, 1.54) is 4.90 Å². The van der Waals surface area contributed by atoms with E-state index in [4.69, 9.17) is 4.74 Å². The number of rotatable bonds is 5. The summed E-state index contributed by atoms with van der Waals surface area (Å²) in [5.74, 6) is -0.673. The lowest BCUT2D eigenvalue weighted by molar-refractivity contribution is 0.0992. The molecular weight excluding hydrogens is 319 g/mol. The Morgan fingerprint density at radius 1 is 1.20 bits per heavy atom. The molecule has 0 spiro atoms. The lowest BCUT2D eigenvalue weighted by atomic mass is 10.1. The van der Waals surface area contributed by atoms with Gasteiger partial charge in [-0.3, -0.25) is 9.78 Å². The van der Waals surface area contributed by atoms with Gasteiger partial charge < -0.3 is 9.64 Å². The summed E-state index contributed by atoms with van der Waals surface area (Å²) in [4.78, 5) is 18.3. The van der Waals surface area contributed by atoms with Crippen molar-refractivity contribution < 1.29 is 13.9 Å². The summed E-state index contributed by atoms with van der Waals surface area (Å²) in [6, 6.07) is 13.8. The molecule has 1 aromatic heterocycles. The normalized spacial score (nSPS) is 10.7. The minimum absolute atomic E-state index is 0.154. The number of hydrogen-bond donors (Lipinski definition) is 0. The van der Waals surface area contributed by atoms with Gasteiger partial charge in [-0.2, -0.15) is 0 Å². The van der Waals surface area contributed by atoms with Crippen LogP contribution < -0.4 is 9.64 Å². The second-order valence-electron chi connectivity index (χ2n) is 5.71. The Labute approximate surface area is 145 Å². The van der Waals surface area contributed by atoms with Crippen molar-refractivity contribution in [3.8, 4) is 5.75 Å². The third-order valence-corrected chi connectivity index (χ3v) is 3.92. The molecule has 0 radical (unpaired) electrons. The molecular formula is C20H19FN2O2. The molecule has 1 amide bonds. The standard InChI is InChI=1S/C20H19FN2O2/c1-3-12-25-18-8-4-7-17(19(18)21)23(2)20(24)15-9-10-16-14(13-15)6-5-11-22-16/h4-11,13H,3,12H2,1-2H3. The maximum absolute atomic E-state index is 14.6. The van der Waals surface area contributed by atoms with E-state index >= 15 is 0 Å². The summed E-state index contributed by atoms with van der Waals surface area (Å²) >= 11 is 0. The number of aromatic nitrogens is 1. The van der Waals surface area contributed by atoms with E-state index in [0.29, 0.717) is 12.2 Å². The van der Waals surface area contributed by atoms with Crippen LogP contribution in [0, 0.1) is 5.82 Å². The van der Waals surface area contributed by atoms with Gasteiger partial charge in [0.2, 0.25) is 0 Å². The van der Waals surface area contributed by atoms with Crippen molar-refractivity contribution in [3.05, 3.63) is 66.1 Å². The molecule has 0 fully saturated rings. The molecule has 3 aromatic rings. The van der Waals surface area contributed by atoms with Crippen molar-refractivity contribution in [1.29, 1.82) is 0 Å². The molecule has 0 aliphatic rings. The Hall–Kier alpha value is -2.95. The van der Waals surface area contributed by atoms with Gasteiger partial charge in [-0.1, -0.05) is 19.1 Å². The number of halogens is 1. The van der Waals surface area contributed by atoms with Crippen molar-refractivity contribution in [1.82, 2.24) is 4.98 Å². The van der Waals surface area contributed by atoms with Crippen LogP contribution in [0.15, 0.2) is 54.7 Å². The average molecular weight is 338 g/mol. The zero-order valence-corrected chi connectivity index (χ0v) is 14.2. The van der Waals surface area contributed by atoms with Gasteiger partial charge in [-0.15, -0.1) is 0 Å². The SMILES string of the molecule is CCCOc1cccc(N(C)C(=O)c2ccc3ncccc3c2)c1F. The van der Waals surface area contributed by atoms with Crippen molar-refractivity contribution in [3.63, 3.8) is 0 Å². The molecule has 2 aromatic carbocycles. The summed E-state index contributed by atoms with van der Waals surface area (Å²) in [7, 11) is 1.55. The average Bonchev–Trinajstić information content (AvgIpc) is 2.65. The Bertz CT molecular complexity index is 911. The molecule has 0 saturated carbocycles. The maximum atomic E-state index is 14.6. The number of benzene rings is 2. The van der Waals surface area contributed by atoms with E-state index in [1.807, 2.05) is 19.1 Å². The molecule has 5 heteroatoms. The highest BCUT2D eigenvalue weighted by molar-refractivity contribution is 6.07. The van der Waals surface area contributed by atoms with E-state index < -0.39 is 5.82 Å². The number of nitrogens with zero attached hydrogens (tertiary/aromatic N) is 2. The van der Waals surface area contributed by atoms with Crippen molar-refractivity contribution >= 4 is 22.5 Å². The first kappa shape index (κ1) is 16.9. The molecule has 25 heavy (non-hydrogen) atoms. The third-order valence-electron chi connectivity index (χ3n) is 3.92. The summed E-state index contributed by atoms with van der Waals surface area (Å²) in [6.45, 7) is 2.38. The number of ether oxygens (including phenoxy) is 1. The lowest BCUT2D eigenvalue weighted by Crippen LogP contribution is -2.27. The molecule has 3 rings (SSSR count). The van der Waals surface area contributed by atoms with Crippen molar-refractivity contribution in [2.24, 2.45) is 0 Å². The molecule has 1 heterocycles. The largest absolute Gasteiger partial charge is 0.490 e. The number of hydrogen-bond acceptors (Lipinski definition) is 3. The third kappa shape index (κ3) is 3.45. The molecule has 0 N–H and O–H groups in total. The predicted octanol–water partition coefficient (Wildman–Crippen LogP) is 4.44. The van der Waals surface area contributed by atoms with Crippen LogP contribution in [0.25, 0.3) is 10.9 Å². The molecule has 128 valence electrons. The fourth-order valence-corrected chi connectivity index (χ4v) is 2.59. The minimum Gasteiger partial charge on any atom is -0.490 e.